The van der Waals surface area contributed by atoms with Gasteiger partial charge in [0.05, 0.1) is 3.57 Å². The highest BCUT2D eigenvalue weighted by Crippen LogP contribution is 2.29. The average molecular weight is 422 g/mol. The summed E-state index contributed by atoms with van der Waals surface area (Å²) in [6.45, 7) is 0. The summed E-state index contributed by atoms with van der Waals surface area (Å²) in [6.07, 6.45) is 2.74. The number of rotatable bonds is 0. The molecule has 118 valence electrons. The van der Waals surface area contributed by atoms with E-state index in [4.69, 9.17) is 5.11 Å². The lowest BCUT2D eigenvalue weighted by Gasteiger charge is -2.00. The van der Waals surface area contributed by atoms with Gasteiger partial charge in [0.2, 0.25) is 0 Å². The topological polar surface area (TPSA) is 74.6 Å². The first kappa shape index (κ1) is 16.0. The van der Waals surface area contributed by atoms with Crippen molar-refractivity contribution in [3.63, 3.8) is 0 Å². The van der Waals surface area contributed by atoms with Gasteiger partial charge in [-0.15, -0.1) is 0 Å². The summed E-state index contributed by atoms with van der Waals surface area (Å²) in [5, 5.41) is 18.4. The highest BCUT2D eigenvalue weighted by atomic mass is 127. The molecule has 0 amide bonds. The van der Waals surface area contributed by atoms with Crippen LogP contribution in [0.3, 0.4) is 0 Å². The van der Waals surface area contributed by atoms with Crippen LogP contribution in [0.2, 0.25) is 0 Å². The Morgan fingerprint density at radius 1 is 0.783 bits per heavy atom. The van der Waals surface area contributed by atoms with Gasteiger partial charge in [0.15, 0.2) is 11.6 Å². The van der Waals surface area contributed by atoms with Crippen LogP contribution in [0.5, 0.6) is 11.5 Å². The first-order valence-electron chi connectivity index (χ1n) is 7.35. The van der Waals surface area contributed by atoms with Crippen molar-refractivity contribution in [3.05, 3.63) is 56.2 Å². The van der Waals surface area contributed by atoms with Crippen molar-refractivity contribution in [1.82, 2.24) is 0 Å². The van der Waals surface area contributed by atoms with Crippen molar-refractivity contribution in [2.75, 3.05) is 0 Å². The molecule has 0 unspecified atom stereocenters. The van der Waals surface area contributed by atoms with Gasteiger partial charge >= 0.3 is 0 Å². The average Bonchev–Trinajstić information content (AvgIpc) is 3.05. The predicted molar refractivity (Wildman–Crippen MR) is 94.2 cm³/mol. The summed E-state index contributed by atoms with van der Waals surface area (Å²) in [6, 6.07) is 8.38. The van der Waals surface area contributed by atoms with E-state index in [-0.39, 0.29) is 23.1 Å². The maximum absolute atomic E-state index is 11.2. The molecule has 0 radical (unpaired) electrons. The van der Waals surface area contributed by atoms with Gasteiger partial charge in [-0.25, -0.2) is 0 Å². The maximum Gasteiger partial charge on any atom is 0.163 e. The Morgan fingerprint density at radius 3 is 2.09 bits per heavy atom. The summed E-state index contributed by atoms with van der Waals surface area (Å²) >= 11 is 2.03. The van der Waals surface area contributed by atoms with Crippen LogP contribution in [0.15, 0.2) is 30.3 Å². The molecule has 4 rings (SSSR count). The van der Waals surface area contributed by atoms with E-state index in [2.05, 4.69) is 0 Å². The van der Waals surface area contributed by atoms with Crippen molar-refractivity contribution < 1.29 is 19.8 Å². The van der Waals surface area contributed by atoms with Gasteiger partial charge in [0.1, 0.15) is 11.5 Å². The number of hydrogen-bond acceptors (Lipinski definition) is 4. The molecule has 0 aromatic heterocycles. The second kappa shape index (κ2) is 6.31. The normalized spacial score (nSPS) is 15.0. The Labute approximate surface area is 147 Å². The first-order valence-corrected chi connectivity index (χ1v) is 8.43. The van der Waals surface area contributed by atoms with Crippen LogP contribution in [0, 0.1) is 3.57 Å². The molecule has 23 heavy (non-hydrogen) atoms. The largest absolute Gasteiger partial charge is 0.508 e. The Morgan fingerprint density at radius 2 is 1.39 bits per heavy atom. The van der Waals surface area contributed by atoms with Crippen LogP contribution in [0.25, 0.3) is 0 Å². The number of carbonyl (C=O) groups is 2. The summed E-state index contributed by atoms with van der Waals surface area (Å²) in [5.74, 6) is 0.922. The van der Waals surface area contributed by atoms with Gasteiger partial charge in [-0.1, -0.05) is 0 Å². The molecule has 0 fully saturated rings. The molecule has 5 heteroatoms. The number of phenolic OH excluding ortho intramolecular Hbond substituents is 2. The second-order valence-corrected chi connectivity index (χ2v) is 6.81. The molecule has 0 atom stereocenters. The van der Waals surface area contributed by atoms with Crippen molar-refractivity contribution in [3.8, 4) is 11.5 Å². The van der Waals surface area contributed by atoms with Crippen LogP contribution in [0.1, 0.15) is 44.7 Å². The molecule has 2 N–H and O–H groups in total. The van der Waals surface area contributed by atoms with Crippen LogP contribution < -0.4 is 0 Å². The van der Waals surface area contributed by atoms with E-state index in [1.54, 1.807) is 30.3 Å². The molecule has 0 saturated carbocycles. The van der Waals surface area contributed by atoms with E-state index in [1.807, 2.05) is 22.6 Å². The Bertz CT molecular complexity index is 811. The molecule has 0 aliphatic heterocycles. The van der Waals surface area contributed by atoms with Crippen molar-refractivity contribution >= 4 is 34.2 Å². The van der Waals surface area contributed by atoms with Crippen molar-refractivity contribution in [1.29, 1.82) is 0 Å². The Balaban J connectivity index is 0.000000136. The zero-order valence-corrected chi connectivity index (χ0v) is 14.5. The third kappa shape index (κ3) is 3.24. The van der Waals surface area contributed by atoms with E-state index in [9.17, 15) is 14.7 Å². The number of halogens is 1. The van der Waals surface area contributed by atoms with E-state index in [1.165, 1.54) is 0 Å². The first-order chi connectivity index (χ1) is 11.0. The summed E-state index contributed by atoms with van der Waals surface area (Å²) in [7, 11) is 0. The van der Waals surface area contributed by atoms with Gasteiger partial charge in [-0.05, 0) is 76.9 Å². The smallest absolute Gasteiger partial charge is 0.163 e. The third-order valence-corrected chi connectivity index (χ3v) is 4.97. The monoisotopic (exact) mass is 422 g/mol. The summed E-state index contributed by atoms with van der Waals surface area (Å²) in [5.41, 5.74) is 3.54. The lowest BCUT2D eigenvalue weighted by atomic mass is 10.1. The number of carbonyl (C=O) groups excluding carboxylic acids is 2. The summed E-state index contributed by atoms with van der Waals surface area (Å²) < 4.78 is 0.751. The van der Waals surface area contributed by atoms with Crippen LogP contribution in [0.4, 0.5) is 0 Å². The van der Waals surface area contributed by atoms with E-state index < -0.39 is 0 Å². The number of phenols is 2. The number of Topliss-reactive ketones (excluding diaryl/α,β-unsaturated/α-hetero) is 2. The molecular formula is C18H15IO4. The van der Waals surface area contributed by atoms with Gasteiger partial charge in [0.25, 0.3) is 0 Å². The molecule has 4 nitrogen and oxygen atoms in total. The number of aryl methyl sites for hydroxylation is 2. The van der Waals surface area contributed by atoms with Gasteiger partial charge in [0, 0.05) is 24.0 Å². The van der Waals surface area contributed by atoms with Crippen molar-refractivity contribution in [2.24, 2.45) is 0 Å². The van der Waals surface area contributed by atoms with Gasteiger partial charge in [-0.3, -0.25) is 9.59 Å². The fourth-order valence-electron chi connectivity index (χ4n) is 2.90. The summed E-state index contributed by atoms with van der Waals surface area (Å²) in [4.78, 5) is 22.3. The lowest BCUT2D eigenvalue weighted by molar-refractivity contribution is 0.0986. The third-order valence-electron chi connectivity index (χ3n) is 4.11. The highest BCUT2D eigenvalue weighted by molar-refractivity contribution is 14.1. The molecule has 0 heterocycles. The Kier molecular flexibility index (Phi) is 4.39. The molecule has 0 spiro atoms. The van der Waals surface area contributed by atoms with E-state index >= 15 is 0 Å². The standard InChI is InChI=1S/C9H7IO2.C9H8O2/c10-7-4-6-5(3-9(7)12)1-2-8(6)11;10-7-2-3-8-6(5-7)1-4-9(8)11/h3-4,12H,1-2H2;2-3,5,10H,1,4H2. The fourth-order valence-corrected chi connectivity index (χ4v) is 3.36. The van der Waals surface area contributed by atoms with Gasteiger partial charge in [-0.2, -0.15) is 0 Å². The molecule has 0 bridgehead atoms. The molecule has 2 aliphatic carbocycles. The van der Waals surface area contributed by atoms with E-state index in [0.717, 1.165) is 38.7 Å². The molecular weight excluding hydrogens is 407 g/mol. The highest BCUT2D eigenvalue weighted by Gasteiger charge is 2.20. The van der Waals surface area contributed by atoms with Crippen LogP contribution in [-0.4, -0.2) is 21.8 Å². The second-order valence-electron chi connectivity index (χ2n) is 5.65. The molecule has 2 aliphatic rings. The maximum atomic E-state index is 11.2. The zero-order chi connectivity index (χ0) is 16.6. The molecule has 2 aromatic carbocycles. The zero-order valence-electron chi connectivity index (χ0n) is 12.3. The van der Waals surface area contributed by atoms with Crippen molar-refractivity contribution in [2.45, 2.75) is 25.7 Å². The SMILES string of the molecule is O=C1CCc2cc(O)c(I)cc21.O=C1CCc2cc(O)ccc21. The lowest BCUT2D eigenvalue weighted by Crippen LogP contribution is -1.91. The number of aromatic hydroxyl groups is 2. The fraction of sp³-hybridized carbons (Fsp3) is 0.222. The predicted octanol–water partition coefficient (Wildman–Crippen LogP) is 3.65. The number of hydrogen-bond donors (Lipinski definition) is 2. The minimum atomic E-state index is 0.194. The minimum absolute atomic E-state index is 0.194. The minimum Gasteiger partial charge on any atom is -0.508 e. The quantitative estimate of drug-likeness (QED) is 0.636. The molecule has 0 saturated heterocycles. The number of benzene rings is 2. The van der Waals surface area contributed by atoms with Crippen LogP contribution in [-0.2, 0) is 12.8 Å². The number of ketones is 2. The molecule has 2 aromatic rings. The number of fused-ring (bicyclic) bond motifs is 2. The van der Waals surface area contributed by atoms with Gasteiger partial charge < -0.3 is 10.2 Å². The van der Waals surface area contributed by atoms with Crippen LogP contribution >= 0.6 is 22.6 Å². The van der Waals surface area contributed by atoms with E-state index in [0.29, 0.717) is 12.8 Å². The Hall–Kier alpha value is -1.89.